The number of halogens is 1. The zero-order valence-corrected chi connectivity index (χ0v) is 24.9. The summed E-state index contributed by atoms with van der Waals surface area (Å²) in [5.41, 5.74) is 10.9. The van der Waals surface area contributed by atoms with Crippen LogP contribution in [0.15, 0.2) is 162 Å². The number of nitrogens with zero attached hydrogens (tertiary/aromatic N) is 1. The lowest BCUT2D eigenvalue weighted by molar-refractivity contribution is 0.767. The smallest absolute Gasteiger partial charge is 0.0714 e. The van der Waals surface area contributed by atoms with Crippen LogP contribution in [0.25, 0.3) is 49.4 Å². The third kappa shape index (κ3) is 3.39. The van der Waals surface area contributed by atoms with Crippen LogP contribution in [-0.2, 0) is 5.41 Å². The van der Waals surface area contributed by atoms with E-state index in [1.54, 1.807) is 0 Å². The van der Waals surface area contributed by atoms with Gasteiger partial charge in [-0.05, 0) is 74.5 Å². The molecule has 202 valence electrons. The zero-order chi connectivity index (χ0) is 28.5. The maximum absolute atomic E-state index is 3.78. The van der Waals surface area contributed by atoms with E-state index in [0.29, 0.717) is 0 Å². The number of hydrogen-bond acceptors (Lipinski definition) is 0. The quantitative estimate of drug-likeness (QED) is 0.187. The van der Waals surface area contributed by atoms with Crippen LogP contribution >= 0.6 is 15.9 Å². The highest BCUT2D eigenvalue weighted by molar-refractivity contribution is 9.10. The van der Waals surface area contributed by atoms with Gasteiger partial charge in [-0.3, -0.25) is 0 Å². The molecule has 0 fully saturated rings. The van der Waals surface area contributed by atoms with Crippen LogP contribution in [0.2, 0.25) is 0 Å². The Kier molecular flexibility index (Phi) is 5.33. The fourth-order valence-electron chi connectivity index (χ4n) is 7.61. The Labute approximate surface area is 258 Å². The molecule has 0 spiro atoms. The molecule has 0 unspecified atom stereocenters. The van der Waals surface area contributed by atoms with Crippen LogP contribution in [0.5, 0.6) is 0 Å². The minimum absolute atomic E-state index is 0.434. The molecule has 1 aliphatic rings. The van der Waals surface area contributed by atoms with Gasteiger partial charge in [0.1, 0.15) is 0 Å². The highest BCUT2D eigenvalue weighted by Gasteiger charge is 2.46. The molecule has 1 heterocycles. The van der Waals surface area contributed by atoms with Crippen molar-refractivity contribution in [2.75, 3.05) is 0 Å². The minimum atomic E-state index is -0.434. The van der Waals surface area contributed by atoms with Crippen LogP contribution in [0, 0.1) is 0 Å². The standard InChI is InChI=1S/C41H26BrN/c42-30-20-22-35-39(25-30)43(38-24-19-27-11-7-8-16-32(27)40(35)38)31-21-23-34-33-17-9-10-18-36(33)41(37(34)26-31,28-12-3-1-4-13-28)29-14-5-2-6-15-29/h1-26H. The molecule has 0 bridgehead atoms. The van der Waals surface area contributed by atoms with E-state index in [9.17, 15) is 0 Å². The maximum atomic E-state index is 3.78. The van der Waals surface area contributed by atoms with E-state index in [-0.39, 0.29) is 0 Å². The first-order valence-electron chi connectivity index (χ1n) is 14.7. The van der Waals surface area contributed by atoms with Gasteiger partial charge in [0.15, 0.2) is 0 Å². The van der Waals surface area contributed by atoms with Crippen molar-refractivity contribution >= 4 is 48.5 Å². The number of benzene rings is 7. The summed E-state index contributed by atoms with van der Waals surface area (Å²) in [5, 5.41) is 5.09. The first kappa shape index (κ1) is 24.7. The van der Waals surface area contributed by atoms with E-state index in [0.717, 1.165) is 10.2 Å². The first-order valence-corrected chi connectivity index (χ1v) is 15.5. The van der Waals surface area contributed by atoms with Gasteiger partial charge in [-0.15, -0.1) is 0 Å². The molecule has 1 nitrogen and oxygen atoms in total. The van der Waals surface area contributed by atoms with Gasteiger partial charge in [-0.25, -0.2) is 0 Å². The summed E-state index contributed by atoms with van der Waals surface area (Å²) in [5.74, 6) is 0. The third-order valence-corrected chi connectivity index (χ3v) is 9.81. The van der Waals surface area contributed by atoms with E-state index >= 15 is 0 Å². The molecular formula is C41H26BrN. The summed E-state index contributed by atoms with van der Waals surface area (Å²) >= 11 is 3.78. The van der Waals surface area contributed by atoms with Gasteiger partial charge in [0, 0.05) is 20.9 Å². The van der Waals surface area contributed by atoms with Gasteiger partial charge >= 0.3 is 0 Å². The monoisotopic (exact) mass is 611 g/mol. The number of fused-ring (bicyclic) bond motifs is 8. The predicted octanol–water partition coefficient (Wildman–Crippen LogP) is 11.1. The first-order chi connectivity index (χ1) is 21.2. The second-order valence-corrected chi connectivity index (χ2v) is 12.4. The Morgan fingerprint density at radius 2 is 1.14 bits per heavy atom. The van der Waals surface area contributed by atoms with Crippen molar-refractivity contribution in [2.45, 2.75) is 5.41 Å². The molecular weight excluding hydrogens is 586 g/mol. The van der Waals surface area contributed by atoms with Crippen LogP contribution < -0.4 is 0 Å². The lowest BCUT2D eigenvalue weighted by atomic mass is 9.67. The van der Waals surface area contributed by atoms with E-state index < -0.39 is 5.41 Å². The molecule has 8 aromatic rings. The van der Waals surface area contributed by atoms with Gasteiger partial charge in [-0.1, -0.05) is 143 Å². The molecule has 43 heavy (non-hydrogen) atoms. The van der Waals surface area contributed by atoms with Crippen LogP contribution in [-0.4, -0.2) is 4.57 Å². The molecule has 0 radical (unpaired) electrons. The Bertz CT molecular complexity index is 2310. The van der Waals surface area contributed by atoms with Gasteiger partial charge in [-0.2, -0.15) is 0 Å². The molecule has 1 aliphatic carbocycles. The van der Waals surface area contributed by atoms with Crippen molar-refractivity contribution in [2.24, 2.45) is 0 Å². The lowest BCUT2D eigenvalue weighted by Crippen LogP contribution is -2.28. The second kappa shape index (κ2) is 9.29. The number of rotatable bonds is 3. The molecule has 0 N–H and O–H groups in total. The molecule has 2 heteroatoms. The molecule has 0 saturated carbocycles. The normalized spacial score (nSPS) is 13.4. The molecule has 0 aliphatic heterocycles. The van der Waals surface area contributed by atoms with Crippen molar-refractivity contribution in [3.05, 3.63) is 184 Å². The van der Waals surface area contributed by atoms with Gasteiger partial charge in [0.05, 0.1) is 16.4 Å². The molecule has 0 saturated heterocycles. The van der Waals surface area contributed by atoms with Crippen LogP contribution in [0.4, 0.5) is 0 Å². The summed E-state index contributed by atoms with van der Waals surface area (Å²) in [4.78, 5) is 0. The summed E-state index contributed by atoms with van der Waals surface area (Å²) in [7, 11) is 0. The zero-order valence-electron chi connectivity index (χ0n) is 23.3. The number of aromatic nitrogens is 1. The van der Waals surface area contributed by atoms with E-state index in [1.807, 2.05) is 0 Å². The van der Waals surface area contributed by atoms with Crippen LogP contribution in [0.1, 0.15) is 22.3 Å². The average Bonchev–Trinajstić information content (AvgIpc) is 3.55. The summed E-state index contributed by atoms with van der Waals surface area (Å²) in [6.07, 6.45) is 0. The fourth-order valence-corrected chi connectivity index (χ4v) is 7.96. The summed E-state index contributed by atoms with van der Waals surface area (Å²) < 4.78 is 3.52. The SMILES string of the molecule is Brc1ccc2c3c4ccccc4ccc3n(-c3ccc4c(c3)C(c3ccccc3)(c3ccccc3)c3ccccc3-4)c2c1. The topological polar surface area (TPSA) is 4.93 Å². The van der Waals surface area contributed by atoms with Gasteiger partial charge in [0.25, 0.3) is 0 Å². The van der Waals surface area contributed by atoms with Crippen molar-refractivity contribution < 1.29 is 0 Å². The minimum Gasteiger partial charge on any atom is -0.309 e. The fraction of sp³-hybridized carbons (Fsp3) is 0.0244. The van der Waals surface area contributed by atoms with E-state index in [4.69, 9.17) is 0 Å². The Morgan fingerprint density at radius 1 is 0.465 bits per heavy atom. The molecule has 0 atom stereocenters. The number of hydrogen-bond donors (Lipinski definition) is 0. The Hall–Kier alpha value is -4.92. The predicted molar refractivity (Wildman–Crippen MR) is 183 cm³/mol. The highest BCUT2D eigenvalue weighted by atomic mass is 79.9. The van der Waals surface area contributed by atoms with Gasteiger partial charge < -0.3 is 4.57 Å². The van der Waals surface area contributed by atoms with E-state index in [1.165, 1.54) is 66.0 Å². The largest absolute Gasteiger partial charge is 0.309 e. The Balaban J connectivity index is 1.42. The molecule has 1 aromatic heterocycles. The van der Waals surface area contributed by atoms with Crippen molar-refractivity contribution in [1.29, 1.82) is 0 Å². The molecule has 7 aromatic carbocycles. The maximum Gasteiger partial charge on any atom is 0.0714 e. The highest BCUT2D eigenvalue weighted by Crippen LogP contribution is 2.56. The third-order valence-electron chi connectivity index (χ3n) is 9.32. The van der Waals surface area contributed by atoms with E-state index in [2.05, 4.69) is 178 Å². The molecule has 0 amide bonds. The van der Waals surface area contributed by atoms with Crippen LogP contribution in [0.3, 0.4) is 0 Å². The van der Waals surface area contributed by atoms with Crippen molar-refractivity contribution in [3.63, 3.8) is 0 Å². The second-order valence-electron chi connectivity index (χ2n) is 11.4. The average molecular weight is 613 g/mol. The van der Waals surface area contributed by atoms with Crippen molar-refractivity contribution in [1.82, 2.24) is 4.57 Å². The van der Waals surface area contributed by atoms with Gasteiger partial charge in [0.2, 0.25) is 0 Å². The van der Waals surface area contributed by atoms with Crippen molar-refractivity contribution in [3.8, 4) is 16.8 Å². The summed E-state index contributed by atoms with van der Waals surface area (Å²) in [6, 6.07) is 58.0. The molecule has 9 rings (SSSR count). The summed E-state index contributed by atoms with van der Waals surface area (Å²) in [6.45, 7) is 0. The lowest BCUT2D eigenvalue weighted by Gasteiger charge is -2.34. The Morgan fingerprint density at radius 3 is 1.93 bits per heavy atom.